The van der Waals surface area contributed by atoms with Gasteiger partial charge in [0.15, 0.2) is 0 Å². The second-order valence-electron chi connectivity index (χ2n) is 9.63. The lowest BCUT2D eigenvalue weighted by atomic mass is 9.99. The molecular weight excluding hydrogens is 471 g/mol. The molecule has 0 aliphatic carbocycles. The molecule has 8 nitrogen and oxygen atoms in total. The molecule has 1 fully saturated rings. The summed E-state index contributed by atoms with van der Waals surface area (Å²) in [6.45, 7) is 9.91. The number of amides is 1. The predicted molar refractivity (Wildman–Crippen MR) is 143 cm³/mol. The molecule has 9 heteroatoms. The summed E-state index contributed by atoms with van der Waals surface area (Å²) in [5, 5.41) is 16.2. The number of carbonyl (C=O) groups excluding carboxylic acids is 1. The molecule has 0 saturated carbocycles. The molecule has 2 atom stereocenters. The molecule has 192 valence electrons. The minimum Gasteiger partial charge on any atom is -0.392 e. The van der Waals surface area contributed by atoms with Gasteiger partial charge < -0.3 is 15.7 Å². The summed E-state index contributed by atoms with van der Waals surface area (Å²) in [6.07, 6.45) is 8.74. The maximum absolute atomic E-state index is 13.6. The topological polar surface area (TPSA) is 94.3 Å². The van der Waals surface area contributed by atoms with E-state index in [0.717, 1.165) is 41.8 Å². The van der Waals surface area contributed by atoms with E-state index in [1.165, 1.54) is 12.1 Å². The quantitative estimate of drug-likeness (QED) is 0.334. The minimum atomic E-state index is -0.352. The summed E-state index contributed by atoms with van der Waals surface area (Å²) in [5.41, 5.74) is 5.28. The number of hydrogen-bond donors (Lipinski definition) is 3. The van der Waals surface area contributed by atoms with Crippen LogP contribution in [0.5, 0.6) is 0 Å². The van der Waals surface area contributed by atoms with Gasteiger partial charge >= 0.3 is 0 Å². The fourth-order valence-electron chi connectivity index (χ4n) is 5.09. The molecule has 4 heterocycles. The van der Waals surface area contributed by atoms with Crippen LogP contribution in [0.25, 0.3) is 16.9 Å². The van der Waals surface area contributed by atoms with Gasteiger partial charge in [-0.05, 0) is 63.7 Å². The Kier molecular flexibility index (Phi) is 6.90. The normalized spacial score (nSPS) is 19.6. The number of rotatable bonds is 7. The lowest BCUT2D eigenvalue weighted by molar-refractivity contribution is 0.0582. The molecule has 5 rings (SSSR count). The van der Waals surface area contributed by atoms with Crippen molar-refractivity contribution in [1.29, 1.82) is 0 Å². The van der Waals surface area contributed by atoms with Gasteiger partial charge in [0.2, 0.25) is 0 Å². The second kappa shape index (κ2) is 10.3. The number of hydrogen-bond acceptors (Lipinski definition) is 6. The van der Waals surface area contributed by atoms with Crippen molar-refractivity contribution in [3.8, 4) is 11.3 Å². The lowest BCUT2D eigenvalue weighted by Gasteiger charge is -2.35. The first-order valence-corrected chi connectivity index (χ1v) is 12.5. The Balaban J connectivity index is 1.42. The Morgan fingerprint density at radius 2 is 2.22 bits per heavy atom. The number of nitrogens with one attached hydrogen (secondary N) is 2. The standard InChI is InChI=1S/C28H31FN6O2/c1-17(18(2)34-11-4-5-20(36)16-34)6-9-25(30-3)33-23-8-7-21(22-14-32-28(37)27(22)23)24-15-31-26-13-19(29)10-12-35(24)26/h6-10,12-13,15,18,20,33,36H,3-5,11,14,16H2,1-2H3,(H,32,37)/b17-6+,25-9+/t18-,20+/m1/s1. The van der Waals surface area contributed by atoms with Crippen molar-refractivity contribution in [3.63, 3.8) is 0 Å². The number of aliphatic imine (C=N–C) groups is 1. The average molecular weight is 503 g/mol. The molecule has 0 radical (unpaired) electrons. The lowest BCUT2D eigenvalue weighted by Crippen LogP contribution is -2.43. The number of aromatic nitrogens is 2. The molecule has 2 aliphatic heterocycles. The van der Waals surface area contributed by atoms with Gasteiger partial charge in [-0.15, -0.1) is 0 Å². The fraction of sp³-hybridized carbons (Fsp3) is 0.321. The number of halogens is 1. The molecule has 37 heavy (non-hydrogen) atoms. The van der Waals surface area contributed by atoms with Crippen LogP contribution in [0, 0.1) is 5.82 Å². The third-order valence-corrected chi connectivity index (χ3v) is 7.29. The van der Waals surface area contributed by atoms with Gasteiger partial charge in [-0.3, -0.25) is 14.1 Å². The summed E-state index contributed by atoms with van der Waals surface area (Å²) in [5.74, 6) is -0.00787. The number of aliphatic hydroxyl groups excluding tert-OH is 1. The minimum absolute atomic E-state index is 0.174. The summed E-state index contributed by atoms with van der Waals surface area (Å²) in [6, 6.07) is 6.72. The summed E-state index contributed by atoms with van der Waals surface area (Å²) >= 11 is 0. The van der Waals surface area contributed by atoms with E-state index in [2.05, 4.69) is 46.1 Å². The number of β-amino-alcohol motifs (C(OH)–C–C–N with tert-alkyl or cyclic N) is 1. The molecule has 2 aromatic heterocycles. The number of pyridine rings is 1. The maximum Gasteiger partial charge on any atom is 0.254 e. The third kappa shape index (κ3) is 4.92. The zero-order chi connectivity index (χ0) is 26.1. The van der Waals surface area contributed by atoms with Crippen LogP contribution in [0.15, 0.2) is 65.2 Å². The number of benzene rings is 1. The van der Waals surface area contributed by atoms with Crippen LogP contribution in [0.1, 0.15) is 42.6 Å². The first-order chi connectivity index (χ1) is 17.9. The number of nitrogens with zero attached hydrogens (tertiary/aromatic N) is 4. The number of allylic oxidation sites excluding steroid dienone is 2. The van der Waals surface area contributed by atoms with Crippen LogP contribution in [0.3, 0.4) is 0 Å². The number of piperidine rings is 1. The molecule has 0 spiro atoms. The Bertz CT molecular complexity index is 1430. The van der Waals surface area contributed by atoms with E-state index in [-0.39, 0.29) is 23.9 Å². The van der Waals surface area contributed by atoms with E-state index in [4.69, 9.17) is 0 Å². The number of imidazole rings is 1. The Morgan fingerprint density at radius 3 is 3.00 bits per heavy atom. The summed E-state index contributed by atoms with van der Waals surface area (Å²) < 4.78 is 15.4. The summed E-state index contributed by atoms with van der Waals surface area (Å²) in [7, 11) is 0. The van der Waals surface area contributed by atoms with Crippen molar-refractivity contribution >= 4 is 24.0 Å². The zero-order valence-corrected chi connectivity index (χ0v) is 21.0. The van der Waals surface area contributed by atoms with Crippen LogP contribution in [-0.2, 0) is 6.54 Å². The highest BCUT2D eigenvalue weighted by molar-refractivity contribution is 6.05. The number of likely N-dealkylation sites (tertiary alicyclic amines) is 1. The molecule has 2 aliphatic rings. The Morgan fingerprint density at radius 1 is 1.38 bits per heavy atom. The second-order valence-corrected chi connectivity index (χ2v) is 9.63. The fourth-order valence-corrected chi connectivity index (χ4v) is 5.09. The van der Waals surface area contributed by atoms with Gasteiger partial charge in [-0.2, -0.15) is 0 Å². The largest absolute Gasteiger partial charge is 0.392 e. The van der Waals surface area contributed by atoms with Crippen LogP contribution in [-0.4, -0.2) is 57.3 Å². The maximum atomic E-state index is 13.6. The summed E-state index contributed by atoms with van der Waals surface area (Å²) in [4.78, 5) is 23.6. The van der Waals surface area contributed by atoms with Gasteiger partial charge in [0.05, 0.1) is 29.2 Å². The SMILES string of the molecule is C=N/C(=C\C=C(/C)[C@@H](C)N1CCC[C@H](O)C1)Nc1ccc(-c2cnc3cc(F)ccn23)c2c1C(=O)NC2. The Labute approximate surface area is 215 Å². The van der Waals surface area contributed by atoms with Gasteiger partial charge in [-0.25, -0.2) is 14.4 Å². The third-order valence-electron chi connectivity index (χ3n) is 7.29. The Hall–Kier alpha value is -3.82. The number of fused-ring (bicyclic) bond motifs is 2. The molecule has 3 aromatic rings. The number of aliphatic hydroxyl groups is 1. The first-order valence-electron chi connectivity index (χ1n) is 12.5. The van der Waals surface area contributed by atoms with Crippen molar-refractivity contribution in [2.24, 2.45) is 4.99 Å². The van der Waals surface area contributed by atoms with Crippen molar-refractivity contribution in [2.45, 2.75) is 45.4 Å². The van der Waals surface area contributed by atoms with Crippen molar-refractivity contribution < 1.29 is 14.3 Å². The molecule has 1 aromatic carbocycles. The first kappa shape index (κ1) is 24.9. The van der Waals surface area contributed by atoms with Gasteiger partial charge in [0, 0.05) is 37.0 Å². The van der Waals surface area contributed by atoms with E-state index in [9.17, 15) is 14.3 Å². The van der Waals surface area contributed by atoms with Crippen LogP contribution in [0.2, 0.25) is 0 Å². The monoisotopic (exact) mass is 502 g/mol. The van der Waals surface area contributed by atoms with Gasteiger partial charge in [0.25, 0.3) is 5.91 Å². The van der Waals surface area contributed by atoms with Crippen LogP contribution < -0.4 is 10.6 Å². The van der Waals surface area contributed by atoms with E-state index < -0.39 is 0 Å². The van der Waals surface area contributed by atoms with Crippen molar-refractivity contribution in [2.75, 3.05) is 18.4 Å². The highest BCUT2D eigenvalue weighted by atomic mass is 19.1. The van der Waals surface area contributed by atoms with Crippen molar-refractivity contribution in [1.82, 2.24) is 19.6 Å². The highest BCUT2D eigenvalue weighted by Gasteiger charge is 2.27. The predicted octanol–water partition coefficient (Wildman–Crippen LogP) is 4.13. The van der Waals surface area contributed by atoms with Gasteiger partial charge in [-0.1, -0.05) is 17.7 Å². The van der Waals surface area contributed by atoms with Gasteiger partial charge in [0.1, 0.15) is 17.3 Å². The van der Waals surface area contributed by atoms with Crippen LogP contribution in [0.4, 0.5) is 10.1 Å². The molecule has 3 N–H and O–H groups in total. The molecule has 0 unspecified atom stereocenters. The smallest absolute Gasteiger partial charge is 0.254 e. The average Bonchev–Trinajstić information content (AvgIpc) is 3.49. The number of carbonyl (C=O) groups is 1. The number of anilines is 1. The van der Waals surface area contributed by atoms with Crippen LogP contribution >= 0.6 is 0 Å². The molecule has 1 saturated heterocycles. The van der Waals surface area contributed by atoms with E-state index in [0.29, 0.717) is 35.8 Å². The molecule has 1 amide bonds. The van der Waals surface area contributed by atoms with E-state index in [1.807, 2.05) is 24.3 Å². The molecule has 0 bridgehead atoms. The van der Waals surface area contributed by atoms with E-state index in [1.54, 1.807) is 16.8 Å². The highest BCUT2D eigenvalue weighted by Crippen LogP contribution is 2.35. The van der Waals surface area contributed by atoms with E-state index >= 15 is 0 Å². The molecular formula is C28H31FN6O2. The van der Waals surface area contributed by atoms with Crippen molar-refractivity contribution in [3.05, 3.63) is 77.1 Å². The zero-order valence-electron chi connectivity index (χ0n) is 21.0.